The van der Waals surface area contributed by atoms with Gasteiger partial charge in [-0.15, -0.1) is 0 Å². The molecule has 4 rings (SSSR count). The van der Waals surface area contributed by atoms with Crippen molar-refractivity contribution in [2.45, 2.75) is 45.3 Å². The zero-order valence-electron chi connectivity index (χ0n) is 17.6. The van der Waals surface area contributed by atoms with Gasteiger partial charge in [0.05, 0.1) is 12.1 Å². The summed E-state index contributed by atoms with van der Waals surface area (Å²) in [4.78, 5) is 19.5. The third kappa shape index (κ3) is 4.70. The summed E-state index contributed by atoms with van der Waals surface area (Å²) in [7, 11) is 1.71. The van der Waals surface area contributed by atoms with Gasteiger partial charge in [0.25, 0.3) is 5.91 Å². The number of methoxy groups -OCH3 is 1. The Morgan fingerprint density at radius 3 is 2.83 bits per heavy atom. The maximum Gasteiger partial charge on any atom is 0.269 e. The van der Waals surface area contributed by atoms with Crippen LogP contribution >= 0.6 is 0 Å². The molecule has 1 aromatic carbocycles. The summed E-state index contributed by atoms with van der Waals surface area (Å²) in [5, 5.41) is 4.00. The van der Waals surface area contributed by atoms with Crippen LogP contribution in [0, 0.1) is 5.41 Å². The summed E-state index contributed by atoms with van der Waals surface area (Å²) in [6, 6.07) is 10.2. The Hall–Kier alpha value is -2.18. The van der Waals surface area contributed by atoms with Gasteiger partial charge in [0.2, 0.25) is 0 Å². The Bertz CT molecular complexity index is 879. The quantitative estimate of drug-likeness (QED) is 0.741. The standard InChI is InChI=1S/C23H31N3O3/c1-16(2)26-11-8-19(13-26)29-18-5-7-20-17(12-18)4-6-21(25-20)22(27)24-14-23(9-10-23)15-28-3/h4-7,12,16,19H,8-11,13-15H2,1-3H3,(H,24,27). The van der Waals surface area contributed by atoms with Crippen LogP contribution in [0.1, 0.15) is 43.6 Å². The van der Waals surface area contributed by atoms with Crippen molar-refractivity contribution in [3.05, 3.63) is 36.0 Å². The first-order valence-electron chi connectivity index (χ1n) is 10.6. The van der Waals surface area contributed by atoms with Gasteiger partial charge >= 0.3 is 0 Å². The lowest BCUT2D eigenvalue weighted by molar-refractivity contribution is 0.0915. The van der Waals surface area contributed by atoms with Gasteiger partial charge in [-0.05, 0) is 57.4 Å². The monoisotopic (exact) mass is 397 g/mol. The van der Waals surface area contributed by atoms with Crippen molar-refractivity contribution >= 4 is 16.8 Å². The number of ether oxygens (including phenoxy) is 2. The lowest BCUT2D eigenvalue weighted by Gasteiger charge is -2.20. The maximum absolute atomic E-state index is 12.5. The molecule has 1 saturated heterocycles. The van der Waals surface area contributed by atoms with Crippen LogP contribution in [0.3, 0.4) is 0 Å². The normalized spacial score (nSPS) is 20.9. The lowest BCUT2D eigenvalue weighted by Crippen LogP contribution is -2.32. The molecule has 2 heterocycles. The van der Waals surface area contributed by atoms with E-state index < -0.39 is 0 Å². The second-order valence-corrected chi connectivity index (χ2v) is 8.78. The molecule has 2 fully saturated rings. The molecule has 156 valence electrons. The van der Waals surface area contributed by atoms with Gasteiger partial charge < -0.3 is 14.8 Å². The summed E-state index contributed by atoms with van der Waals surface area (Å²) in [6.07, 6.45) is 3.49. The number of benzene rings is 1. The fraction of sp³-hybridized carbons (Fsp3) is 0.565. The third-order valence-electron chi connectivity index (χ3n) is 6.13. The van der Waals surface area contributed by atoms with Gasteiger partial charge in [-0.25, -0.2) is 4.98 Å². The highest BCUT2D eigenvalue weighted by atomic mass is 16.5. The van der Waals surface area contributed by atoms with E-state index in [0.29, 0.717) is 24.9 Å². The minimum Gasteiger partial charge on any atom is -0.489 e. The molecule has 1 unspecified atom stereocenters. The SMILES string of the molecule is COCC1(CNC(=O)c2ccc3cc(OC4CCN(C(C)C)C4)ccc3n2)CC1. The molecule has 1 atom stereocenters. The number of nitrogens with one attached hydrogen (secondary N) is 1. The Morgan fingerprint density at radius 1 is 1.31 bits per heavy atom. The van der Waals surface area contributed by atoms with Gasteiger partial charge in [-0.2, -0.15) is 0 Å². The number of fused-ring (bicyclic) bond motifs is 1. The van der Waals surface area contributed by atoms with Crippen LogP contribution in [0.5, 0.6) is 5.75 Å². The van der Waals surface area contributed by atoms with Crippen LogP contribution in [0.2, 0.25) is 0 Å². The fourth-order valence-corrected chi connectivity index (χ4v) is 4.03. The third-order valence-corrected chi connectivity index (χ3v) is 6.13. The van der Waals surface area contributed by atoms with E-state index in [-0.39, 0.29) is 17.4 Å². The predicted molar refractivity (Wildman–Crippen MR) is 113 cm³/mol. The zero-order valence-corrected chi connectivity index (χ0v) is 17.6. The van der Waals surface area contributed by atoms with Crippen LogP contribution in [-0.2, 0) is 4.74 Å². The van der Waals surface area contributed by atoms with E-state index in [1.54, 1.807) is 13.2 Å². The molecule has 1 aliphatic heterocycles. The summed E-state index contributed by atoms with van der Waals surface area (Å²) < 4.78 is 11.4. The summed E-state index contributed by atoms with van der Waals surface area (Å²) in [6.45, 7) is 7.83. The Labute approximate surface area is 172 Å². The van der Waals surface area contributed by atoms with Crippen molar-refractivity contribution in [3.63, 3.8) is 0 Å². The van der Waals surface area contributed by atoms with Crippen molar-refractivity contribution in [2.75, 3.05) is 33.4 Å². The number of pyridine rings is 1. The van der Waals surface area contributed by atoms with Gasteiger partial charge in [-0.1, -0.05) is 6.07 Å². The van der Waals surface area contributed by atoms with Crippen molar-refractivity contribution in [2.24, 2.45) is 5.41 Å². The van der Waals surface area contributed by atoms with E-state index in [0.717, 1.165) is 49.0 Å². The van der Waals surface area contributed by atoms with Crippen molar-refractivity contribution < 1.29 is 14.3 Å². The molecule has 1 N–H and O–H groups in total. The highest BCUT2D eigenvalue weighted by Gasteiger charge is 2.42. The first-order chi connectivity index (χ1) is 14.0. The van der Waals surface area contributed by atoms with E-state index in [1.807, 2.05) is 24.3 Å². The molecule has 1 aliphatic carbocycles. The van der Waals surface area contributed by atoms with E-state index in [2.05, 4.69) is 29.0 Å². The molecule has 0 spiro atoms. The van der Waals surface area contributed by atoms with Crippen molar-refractivity contribution in [1.82, 2.24) is 15.2 Å². The fourth-order valence-electron chi connectivity index (χ4n) is 4.03. The van der Waals surface area contributed by atoms with Crippen LogP contribution in [-0.4, -0.2) is 61.3 Å². The number of hydrogen-bond donors (Lipinski definition) is 1. The van der Waals surface area contributed by atoms with E-state index >= 15 is 0 Å². The minimum atomic E-state index is -0.130. The lowest BCUT2D eigenvalue weighted by atomic mass is 10.1. The van der Waals surface area contributed by atoms with Gasteiger partial charge in [0, 0.05) is 43.6 Å². The molecule has 0 bridgehead atoms. The van der Waals surface area contributed by atoms with E-state index in [4.69, 9.17) is 9.47 Å². The van der Waals surface area contributed by atoms with Gasteiger partial charge in [0.1, 0.15) is 17.5 Å². The predicted octanol–water partition coefficient (Wildman–Crippen LogP) is 3.25. The molecule has 1 saturated carbocycles. The van der Waals surface area contributed by atoms with Crippen LogP contribution < -0.4 is 10.1 Å². The topological polar surface area (TPSA) is 63.7 Å². The molecular formula is C23H31N3O3. The first-order valence-corrected chi connectivity index (χ1v) is 10.6. The minimum absolute atomic E-state index is 0.124. The van der Waals surface area contributed by atoms with Crippen LogP contribution in [0.4, 0.5) is 0 Å². The smallest absolute Gasteiger partial charge is 0.269 e. The molecule has 6 heteroatoms. The Balaban J connectivity index is 1.39. The Kier molecular flexibility index (Phi) is 5.74. The van der Waals surface area contributed by atoms with Gasteiger partial charge in [0.15, 0.2) is 0 Å². The highest BCUT2D eigenvalue weighted by Crippen LogP contribution is 2.45. The zero-order chi connectivity index (χ0) is 20.4. The molecule has 1 aromatic heterocycles. The molecular weight excluding hydrogens is 366 g/mol. The highest BCUT2D eigenvalue weighted by molar-refractivity contribution is 5.95. The number of rotatable bonds is 8. The Morgan fingerprint density at radius 2 is 2.14 bits per heavy atom. The molecule has 0 radical (unpaired) electrons. The van der Waals surface area contributed by atoms with Crippen molar-refractivity contribution in [1.29, 1.82) is 0 Å². The van der Waals surface area contributed by atoms with E-state index in [9.17, 15) is 4.79 Å². The van der Waals surface area contributed by atoms with E-state index in [1.165, 1.54) is 0 Å². The summed E-state index contributed by atoms with van der Waals surface area (Å²) in [5.74, 6) is 0.733. The number of amides is 1. The molecule has 6 nitrogen and oxygen atoms in total. The molecule has 1 amide bonds. The van der Waals surface area contributed by atoms with Crippen LogP contribution in [0.25, 0.3) is 10.9 Å². The number of carbonyl (C=O) groups is 1. The maximum atomic E-state index is 12.5. The number of hydrogen-bond acceptors (Lipinski definition) is 5. The number of carbonyl (C=O) groups excluding carboxylic acids is 1. The first kappa shape index (κ1) is 20.1. The number of aromatic nitrogens is 1. The average Bonchev–Trinajstić information content (AvgIpc) is 3.32. The summed E-state index contributed by atoms with van der Waals surface area (Å²) in [5.41, 5.74) is 1.37. The molecule has 2 aliphatic rings. The average molecular weight is 398 g/mol. The molecule has 29 heavy (non-hydrogen) atoms. The second kappa shape index (κ2) is 8.28. The van der Waals surface area contributed by atoms with Gasteiger partial charge in [-0.3, -0.25) is 9.69 Å². The largest absolute Gasteiger partial charge is 0.489 e. The number of likely N-dealkylation sites (tertiary alicyclic amines) is 1. The number of nitrogens with zero attached hydrogens (tertiary/aromatic N) is 2. The van der Waals surface area contributed by atoms with Crippen LogP contribution in [0.15, 0.2) is 30.3 Å². The molecule has 2 aromatic rings. The van der Waals surface area contributed by atoms with Crippen molar-refractivity contribution in [3.8, 4) is 5.75 Å². The second-order valence-electron chi connectivity index (χ2n) is 8.78. The summed E-state index contributed by atoms with van der Waals surface area (Å²) >= 11 is 0.